The molecule has 8 nitrogen and oxygen atoms in total. The Bertz CT molecular complexity index is 785. The van der Waals surface area contributed by atoms with Gasteiger partial charge in [0.2, 0.25) is 0 Å². The Morgan fingerprint density at radius 1 is 0.388 bits per heavy atom. The van der Waals surface area contributed by atoms with Crippen LogP contribution >= 0.6 is 0 Å². The minimum absolute atomic E-state index is 0.0736. The van der Waals surface area contributed by atoms with Crippen molar-refractivity contribution in [3.05, 3.63) is 23.3 Å². The summed E-state index contributed by atoms with van der Waals surface area (Å²) in [6.45, 7) is 8.84. The second-order valence-electron chi connectivity index (χ2n) is 12.9. The first-order valence-electron chi connectivity index (χ1n) is 19.5. The average molecular weight is 798 g/mol. The van der Waals surface area contributed by atoms with Gasteiger partial charge in [0.05, 0.1) is 23.9 Å². The van der Waals surface area contributed by atoms with Crippen molar-refractivity contribution in [2.24, 2.45) is 0 Å². The van der Waals surface area contributed by atoms with Crippen LogP contribution in [-0.2, 0) is 19.2 Å². The van der Waals surface area contributed by atoms with E-state index in [-0.39, 0.29) is 45.1 Å². The van der Waals surface area contributed by atoms with Crippen LogP contribution in [-0.4, -0.2) is 45.0 Å². The monoisotopic (exact) mass is 798 g/mol. The second kappa shape index (κ2) is 42.3. The number of unbranched alkanes of at least 4 members (excludes halogenated alkanes) is 20. The first-order chi connectivity index (χ1) is 23.6. The number of aliphatic carboxylic acids is 4. The Kier molecular flexibility index (Phi) is 44.5. The average Bonchev–Trinajstić information content (AvgIpc) is 3.05. The van der Waals surface area contributed by atoms with Gasteiger partial charge in [0.15, 0.2) is 0 Å². The van der Waals surface area contributed by atoms with Gasteiger partial charge in [-0.15, -0.1) is 0 Å². The van der Waals surface area contributed by atoms with Crippen LogP contribution in [0.25, 0.3) is 0 Å². The zero-order valence-corrected chi connectivity index (χ0v) is 34.6. The molecule has 0 rings (SSSR count). The van der Waals surface area contributed by atoms with Crippen LogP contribution in [0.4, 0.5) is 0 Å². The fourth-order valence-corrected chi connectivity index (χ4v) is 8.70. The summed E-state index contributed by atoms with van der Waals surface area (Å²) in [5.41, 5.74) is -0.369. The maximum absolute atomic E-state index is 10.5. The molecule has 9 heteroatoms. The quantitative estimate of drug-likeness (QED) is 0.0420. The van der Waals surface area contributed by atoms with E-state index in [2.05, 4.69) is 27.7 Å². The summed E-state index contributed by atoms with van der Waals surface area (Å²) in [6.07, 6.45) is 31.8. The molecule has 0 amide bonds. The van der Waals surface area contributed by atoms with Gasteiger partial charge in [-0.2, -0.15) is 0 Å². The van der Waals surface area contributed by atoms with Crippen molar-refractivity contribution >= 4 is 45.0 Å². The van der Waals surface area contributed by atoms with Gasteiger partial charge < -0.3 is 39.6 Å². The van der Waals surface area contributed by atoms with Crippen LogP contribution in [0.3, 0.4) is 0 Å². The Labute approximate surface area is 310 Å². The molecule has 0 aromatic carbocycles. The van der Waals surface area contributed by atoms with Crippen molar-refractivity contribution in [3.63, 3.8) is 0 Å². The Morgan fingerprint density at radius 3 is 0.878 bits per heavy atom. The molecule has 0 aliphatic carbocycles. The van der Waals surface area contributed by atoms with Gasteiger partial charge in [-0.3, -0.25) is 0 Å². The van der Waals surface area contributed by atoms with E-state index in [4.69, 9.17) is 0 Å². The molecule has 0 aliphatic rings. The van der Waals surface area contributed by atoms with Gasteiger partial charge in [-0.1, -0.05) is 78.1 Å². The van der Waals surface area contributed by atoms with E-state index in [9.17, 15) is 39.6 Å². The molecule has 49 heavy (non-hydrogen) atoms. The predicted molar refractivity (Wildman–Crippen MR) is 194 cm³/mol. The Morgan fingerprint density at radius 2 is 0.633 bits per heavy atom. The second-order valence-corrected chi connectivity index (χ2v) is 17.2. The molecule has 0 unspecified atom stereocenters. The number of carboxylic acid groups (broad SMARTS) is 4. The molecule has 282 valence electrons. The summed E-state index contributed by atoms with van der Waals surface area (Å²) < 4.78 is 3.31. The van der Waals surface area contributed by atoms with Crippen molar-refractivity contribution in [2.75, 3.05) is 0 Å². The number of hydrogen-bond donors (Lipinski definition) is 0. The van der Waals surface area contributed by atoms with Crippen LogP contribution in [0.15, 0.2) is 23.3 Å². The van der Waals surface area contributed by atoms with Crippen LogP contribution in [0.2, 0.25) is 8.87 Å². The predicted octanol–water partition coefficient (Wildman–Crippen LogP) is 6.57. The van der Waals surface area contributed by atoms with Crippen LogP contribution in [0.1, 0.15) is 195 Å². The molecule has 0 N–H and O–H groups in total. The standard InChI is InChI=1S/2C12H20O4.2C8H17.Sn/c2*1-2-3-4-5-6-7-8-10(12(15)16)9-11(13)14;2*1-3-5-7-8-6-4-2;/h2*9H,2-8H2,1H3,(H,13,14)(H,15,16);2*1,3-8H2,2H3;/q;;;;+4/p-4/b2*10-9-;;;. The molecule has 0 aliphatic heterocycles. The molecule has 0 atom stereocenters. The topological polar surface area (TPSA) is 161 Å². The van der Waals surface area contributed by atoms with Crippen molar-refractivity contribution in [2.45, 2.75) is 204 Å². The number of rotatable bonds is 32. The number of hydrogen-bond acceptors (Lipinski definition) is 8. The SMILES string of the molecule is CCCCCCCC/C(=C/C(=O)[O-])C(=O)[O-].CCCCCCCC/C(=C/C(=O)[O-])C(=O)[O-].CCCCCCC[CH2][Sn+4][CH2]CCCCCCC. The molecule has 0 fully saturated rings. The number of carbonyl (C=O) groups excluding carboxylic acids is 4. The minimum atomic E-state index is -1.48. The van der Waals surface area contributed by atoms with Crippen molar-refractivity contribution in [1.82, 2.24) is 0 Å². The van der Waals surface area contributed by atoms with E-state index in [0.717, 1.165) is 51.4 Å². The third kappa shape index (κ3) is 46.2. The fourth-order valence-electron chi connectivity index (χ4n) is 5.13. The summed E-state index contributed by atoms with van der Waals surface area (Å²) in [6, 6.07) is 0. The zero-order valence-electron chi connectivity index (χ0n) is 31.7. The zero-order chi connectivity index (χ0) is 37.4. The van der Waals surface area contributed by atoms with Gasteiger partial charge in [0.25, 0.3) is 0 Å². The molecule has 0 saturated heterocycles. The third-order valence-electron chi connectivity index (χ3n) is 8.12. The summed E-state index contributed by atoms with van der Waals surface area (Å²) in [7, 11) is 0. The molecule has 0 aromatic heterocycles. The molecule has 0 aromatic rings. The molecular weight excluding hydrogens is 727 g/mol. The van der Waals surface area contributed by atoms with Crippen LogP contribution < -0.4 is 20.4 Å². The van der Waals surface area contributed by atoms with E-state index >= 15 is 0 Å². The van der Waals surface area contributed by atoms with Gasteiger partial charge in [-0.25, -0.2) is 0 Å². The summed E-state index contributed by atoms with van der Waals surface area (Å²) >= 11 is 0.0736. The van der Waals surface area contributed by atoms with E-state index in [0.29, 0.717) is 25.0 Å². The van der Waals surface area contributed by atoms with Gasteiger partial charge in [-0.05, 0) is 49.0 Å². The first kappa shape index (κ1) is 51.5. The van der Waals surface area contributed by atoms with Gasteiger partial charge in [0, 0.05) is 0 Å². The van der Waals surface area contributed by atoms with Crippen molar-refractivity contribution < 1.29 is 39.6 Å². The van der Waals surface area contributed by atoms with E-state index in [1.807, 2.05) is 0 Å². The normalized spacial score (nSPS) is 11.3. The summed E-state index contributed by atoms with van der Waals surface area (Å²) in [5, 5.41) is 41.5. The summed E-state index contributed by atoms with van der Waals surface area (Å²) in [5.74, 6) is -5.80. The van der Waals surface area contributed by atoms with Gasteiger partial charge >= 0.3 is 121 Å². The molecule has 0 saturated carbocycles. The van der Waals surface area contributed by atoms with Crippen molar-refractivity contribution in [1.29, 1.82) is 0 Å². The maximum atomic E-state index is 10.5. The Balaban J connectivity index is -0.000000648. The molecule has 0 bridgehead atoms. The number of carboxylic acids is 4. The molecule has 6 radical (unpaired) electrons. The van der Waals surface area contributed by atoms with Gasteiger partial charge in [0.1, 0.15) is 0 Å². The molecular formula is C40H70O8Sn. The third-order valence-corrected chi connectivity index (χ3v) is 12.2. The van der Waals surface area contributed by atoms with Crippen molar-refractivity contribution in [3.8, 4) is 0 Å². The molecule has 0 spiro atoms. The summed E-state index contributed by atoms with van der Waals surface area (Å²) in [4.78, 5) is 41.5. The van der Waals surface area contributed by atoms with E-state index in [1.54, 1.807) is 21.7 Å². The first-order valence-corrected chi connectivity index (χ1v) is 23.6. The Hall–Kier alpha value is -1.84. The van der Waals surface area contributed by atoms with E-state index in [1.165, 1.54) is 77.0 Å². The van der Waals surface area contributed by atoms with Crippen LogP contribution in [0.5, 0.6) is 0 Å². The molecule has 0 heterocycles. The van der Waals surface area contributed by atoms with E-state index < -0.39 is 23.9 Å². The number of carbonyl (C=O) groups is 4. The van der Waals surface area contributed by atoms with Crippen LogP contribution in [0, 0.1) is 0 Å². The fraction of sp³-hybridized carbons (Fsp3) is 0.800.